The first-order chi connectivity index (χ1) is 8.87. The molecule has 104 valence electrons. The van der Waals surface area contributed by atoms with Crippen LogP contribution < -0.4 is 0 Å². The lowest BCUT2D eigenvalue weighted by molar-refractivity contribution is 0.0224. The lowest BCUT2D eigenvalue weighted by atomic mass is 10.0. The Morgan fingerprint density at radius 2 is 1.95 bits per heavy atom. The molecule has 0 bridgehead atoms. The summed E-state index contributed by atoms with van der Waals surface area (Å²) in [5.41, 5.74) is 0.570. The van der Waals surface area contributed by atoms with Crippen molar-refractivity contribution < 1.29 is 14.6 Å². The van der Waals surface area contributed by atoms with Crippen LogP contribution in [0, 0.1) is 0 Å². The van der Waals surface area contributed by atoms with Gasteiger partial charge in [0.15, 0.2) is 0 Å². The molecule has 1 heterocycles. The first kappa shape index (κ1) is 13.7. The number of nitrogens with zero attached hydrogens (tertiary/aromatic N) is 1. The number of rotatable bonds is 1. The third-order valence-electron chi connectivity index (χ3n) is 3.16. The van der Waals surface area contributed by atoms with E-state index in [0.29, 0.717) is 0 Å². The third-order valence-corrected chi connectivity index (χ3v) is 3.16. The summed E-state index contributed by atoms with van der Waals surface area (Å²) in [6.45, 7) is 6.34. The highest BCUT2D eigenvalue weighted by Gasteiger charge is 2.32. The van der Waals surface area contributed by atoms with Gasteiger partial charge in [0, 0.05) is 6.54 Å². The molecule has 0 aliphatic carbocycles. The molecule has 19 heavy (non-hydrogen) atoms. The number of phenolic OH excluding ortho intramolecular Hbond substituents is 1. The largest absolute Gasteiger partial charge is 0.508 e. The maximum Gasteiger partial charge on any atom is 0.410 e. The van der Waals surface area contributed by atoms with E-state index in [1.54, 1.807) is 17.0 Å². The average molecular weight is 263 g/mol. The molecular weight excluding hydrogens is 242 g/mol. The van der Waals surface area contributed by atoms with Gasteiger partial charge in [0.2, 0.25) is 0 Å². The summed E-state index contributed by atoms with van der Waals surface area (Å²) in [4.78, 5) is 13.9. The van der Waals surface area contributed by atoms with E-state index < -0.39 is 5.60 Å². The molecule has 4 nitrogen and oxygen atoms in total. The number of hydrogen-bond acceptors (Lipinski definition) is 3. The van der Waals surface area contributed by atoms with E-state index in [1.165, 1.54) is 0 Å². The van der Waals surface area contributed by atoms with Crippen LogP contribution in [0.25, 0.3) is 0 Å². The molecule has 0 unspecified atom stereocenters. The molecule has 0 aromatic heterocycles. The first-order valence-corrected chi connectivity index (χ1v) is 6.65. The molecule has 1 N–H and O–H groups in total. The van der Waals surface area contributed by atoms with Crippen molar-refractivity contribution >= 4 is 6.09 Å². The normalized spacial score (nSPS) is 19.5. The molecule has 1 aliphatic heterocycles. The monoisotopic (exact) mass is 263 g/mol. The summed E-state index contributed by atoms with van der Waals surface area (Å²) in [5, 5.41) is 9.32. The summed E-state index contributed by atoms with van der Waals surface area (Å²) in [6.07, 6.45) is 1.65. The fourth-order valence-electron chi connectivity index (χ4n) is 2.35. The SMILES string of the molecule is CC(C)(C)OC(=O)N1CCC[C@H]1c1ccc(O)cc1. The van der Waals surface area contributed by atoms with Gasteiger partial charge in [0.25, 0.3) is 0 Å². The highest BCUT2D eigenvalue weighted by Crippen LogP contribution is 2.33. The highest BCUT2D eigenvalue weighted by atomic mass is 16.6. The Labute approximate surface area is 114 Å². The van der Waals surface area contributed by atoms with E-state index in [-0.39, 0.29) is 17.9 Å². The number of amides is 1. The predicted octanol–water partition coefficient (Wildman–Crippen LogP) is 3.46. The van der Waals surface area contributed by atoms with Crippen molar-refractivity contribution in [2.24, 2.45) is 0 Å². The zero-order valence-corrected chi connectivity index (χ0v) is 11.7. The Hall–Kier alpha value is -1.71. The quantitative estimate of drug-likeness (QED) is 0.844. The second-order valence-electron chi connectivity index (χ2n) is 5.92. The van der Waals surface area contributed by atoms with Gasteiger partial charge in [-0.3, -0.25) is 0 Å². The molecular formula is C15H21NO3. The highest BCUT2D eigenvalue weighted by molar-refractivity contribution is 5.69. The lowest BCUT2D eigenvalue weighted by Crippen LogP contribution is -2.36. The minimum atomic E-state index is -0.473. The zero-order valence-electron chi connectivity index (χ0n) is 11.7. The number of carbonyl (C=O) groups is 1. The van der Waals surface area contributed by atoms with Crippen molar-refractivity contribution in [1.29, 1.82) is 0 Å². The van der Waals surface area contributed by atoms with Gasteiger partial charge in [0.05, 0.1) is 6.04 Å². The number of likely N-dealkylation sites (tertiary alicyclic amines) is 1. The third kappa shape index (κ3) is 3.40. The molecule has 1 fully saturated rings. The maximum absolute atomic E-state index is 12.2. The molecule has 0 spiro atoms. The Kier molecular flexibility index (Phi) is 3.69. The van der Waals surface area contributed by atoms with E-state index in [4.69, 9.17) is 4.74 Å². The van der Waals surface area contributed by atoms with Gasteiger partial charge in [-0.1, -0.05) is 12.1 Å². The number of hydrogen-bond donors (Lipinski definition) is 1. The van der Waals surface area contributed by atoms with Crippen molar-refractivity contribution in [1.82, 2.24) is 4.90 Å². The summed E-state index contributed by atoms with van der Waals surface area (Å²) in [5.74, 6) is 0.241. The molecule has 0 radical (unpaired) electrons. The van der Waals surface area contributed by atoms with Crippen LogP contribution in [0.5, 0.6) is 5.75 Å². The van der Waals surface area contributed by atoms with Gasteiger partial charge in [0.1, 0.15) is 11.4 Å². The van der Waals surface area contributed by atoms with Crippen LogP contribution >= 0.6 is 0 Å². The van der Waals surface area contributed by atoms with Crippen molar-refractivity contribution in [2.75, 3.05) is 6.54 Å². The van der Waals surface area contributed by atoms with Gasteiger partial charge in [-0.25, -0.2) is 4.79 Å². The van der Waals surface area contributed by atoms with Crippen LogP contribution in [0.1, 0.15) is 45.2 Å². The lowest BCUT2D eigenvalue weighted by Gasteiger charge is -2.28. The summed E-state index contributed by atoms with van der Waals surface area (Å²) in [6, 6.07) is 7.09. The second-order valence-corrected chi connectivity index (χ2v) is 5.92. The Morgan fingerprint density at radius 3 is 2.53 bits per heavy atom. The number of aromatic hydroxyl groups is 1. The molecule has 1 saturated heterocycles. The average Bonchev–Trinajstić information content (AvgIpc) is 2.76. The summed E-state index contributed by atoms with van der Waals surface area (Å²) >= 11 is 0. The molecule has 4 heteroatoms. The van der Waals surface area contributed by atoms with Gasteiger partial charge < -0.3 is 14.7 Å². The van der Waals surface area contributed by atoms with Crippen molar-refractivity contribution in [3.8, 4) is 5.75 Å². The Bertz CT molecular complexity index is 447. The molecule has 0 saturated carbocycles. The van der Waals surface area contributed by atoms with Crippen LogP contribution in [0.3, 0.4) is 0 Å². The van der Waals surface area contributed by atoms with Gasteiger partial charge in [-0.05, 0) is 51.3 Å². The Morgan fingerprint density at radius 1 is 1.32 bits per heavy atom. The standard InChI is InChI=1S/C15H21NO3/c1-15(2,3)19-14(18)16-10-4-5-13(16)11-6-8-12(17)9-7-11/h6-9,13,17H,4-5,10H2,1-3H3/t13-/m0/s1. The number of benzene rings is 1. The number of phenols is 1. The van der Waals surface area contributed by atoms with E-state index >= 15 is 0 Å². The molecule has 1 atom stereocenters. The molecule has 1 aromatic rings. The summed E-state index contributed by atoms with van der Waals surface area (Å²) in [7, 11) is 0. The number of ether oxygens (including phenoxy) is 1. The smallest absolute Gasteiger partial charge is 0.410 e. The van der Waals surface area contributed by atoms with Crippen LogP contribution in [0.15, 0.2) is 24.3 Å². The van der Waals surface area contributed by atoms with E-state index in [1.807, 2.05) is 32.9 Å². The van der Waals surface area contributed by atoms with Gasteiger partial charge >= 0.3 is 6.09 Å². The second kappa shape index (κ2) is 5.11. The van der Waals surface area contributed by atoms with E-state index in [9.17, 15) is 9.90 Å². The van der Waals surface area contributed by atoms with E-state index in [2.05, 4.69) is 0 Å². The fourth-order valence-corrected chi connectivity index (χ4v) is 2.35. The Balaban J connectivity index is 2.12. The van der Waals surface area contributed by atoms with Crippen molar-refractivity contribution in [3.63, 3.8) is 0 Å². The molecule has 1 aliphatic rings. The minimum absolute atomic E-state index is 0.0513. The van der Waals surface area contributed by atoms with Crippen molar-refractivity contribution in [3.05, 3.63) is 29.8 Å². The van der Waals surface area contributed by atoms with Gasteiger partial charge in [-0.15, -0.1) is 0 Å². The maximum atomic E-state index is 12.2. The molecule has 1 aromatic carbocycles. The van der Waals surface area contributed by atoms with E-state index in [0.717, 1.165) is 24.9 Å². The molecule has 1 amide bonds. The van der Waals surface area contributed by atoms with Crippen LogP contribution in [0.2, 0.25) is 0 Å². The predicted molar refractivity (Wildman–Crippen MR) is 73.0 cm³/mol. The van der Waals surface area contributed by atoms with Crippen molar-refractivity contribution in [2.45, 2.75) is 45.3 Å². The zero-order chi connectivity index (χ0) is 14.0. The number of carbonyl (C=O) groups excluding carboxylic acids is 1. The van der Waals surface area contributed by atoms with Crippen LogP contribution in [-0.4, -0.2) is 28.2 Å². The van der Waals surface area contributed by atoms with Gasteiger partial charge in [-0.2, -0.15) is 0 Å². The van der Waals surface area contributed by atoms with Crippen LogP contribution in [-0.2, 0) is 4.74 Å². The summed E-state index contributed by atoms with van der Waals surface area (Å²) < 4.78 is 5.43. The first-order valence-electron chi connectivity index (χ1n) is 6.65. The van der Waals surface area contributed by atoms with Crippen LogP contribution in [0.4, 0.5) is 4.79 Å². The molecule has 2 rings (SSSR count). The minimum Gasteiger partial charge on any atom is -0.508 e. The fraction of sp³-hybridized carbons (Fsp3) is 0.533. The topological polar surface area (TPSA) is 49.8 Å².